The number of carbonyl (C=O) groups is 1. The second-order valence-electron chi connectivity index (χ2n) is 14.2. The average Bonchev–Trinajstić information content (AvgIpc) is 3.77. The molecule has 0 unspecified atom stereocenters. The molecule has 0 aliphatic carbocycles. The predicted octanol–water partition coefficient (Wildman–Crippen LogP) is 4.97. The normalized spacial score (nSPS) is 17.4. The summed E-state index contributed by atoms with van der Waals surface area (Å²) in [5, 5.41) is 0. The van der Waals surface area contributed by atoms with E-state index in [9.17, 15) is 4.79 Å². The van der Waals surface area contributed by atoms with E-state index in [1.807, 2.05) is 36.7 Å². The number of nitrogens with one attached hydrogen (secondary N) is 1. The van der Waals surface area contributed by atoms with Gasteiger partial charge < -0.3 is 28.8 Å². The van der Waals surface area contributed by atoms with E-state index in [0.717, 1.165) is 43.3 Å². The summed E-state index contributed by atoms with van der Waals surface area (Å²) in [7, 11) is 0. The van der Waals surface area contributed by atoms with Crippen LogP contribution in [0, 0.1) is 10.8 Å². The van der Waals surface area contributed by atoms with E-state index in [0.29, 0.717) is 36.3 Å². The largest absolute Gasteiger partial charge is 0.482 e. The summed E-state index contributed by atoms with van der Waals surface area (Å²) in [6.45, 7) is 19.6. The second-order valence-corrected chi connectivity index (χ2v) is 14.2. The average molecular weight is 620 g/mol. The topological polar surface area (TPSA) is 91.8 Å². The van der Waals surface area contributed by atoms with Crippen molar-refractivity contribution >= 4 is 5.97 Å². The van der Waals surface area contributed by atoms with Crippen molar-refractivity contribution in [1.29, 1.82) is 0 Å². The Bertz CT molecular complexity index is 1310. The lowest BCUT2D eigenvalue weighted by Gasteiger charge is -2.41. The number of imidazole rings is 2. The highest BCUT2D eigenvalue weighted by Crippen LogP contribution is 2.40. The number of esters is 1. The summed E-state index contributed by atoms with van der Waals surface area (Å²) >= 11 is 0. The van der Waals surface area contributed by atoms with Gasteiger partial charge in [0, 0.05) is 51.0 Å². The van der Waals surface area contributed by atoms with Crippen LogP contribution in [0.25, 0.3) is 0 Å². The van der Waals surface area contributed by atoms with E-state index < -0.39 is 0 Å². The molecule has 1 N–H and O–H groups in total. The number of aromatic amines is 1. The van der Waals surface area contributed by atoms with Crippen molar-refractivity contribution in [3.8, 4) is 5.75 Å². The zero-order chi connectivity index (χ0) is 31.7. The van der Waals surface area contributed by atoms with Gasteiger partial charge in [-0.05, 0) is 87.3 Å². The molecule has 3 aromatic rings. The van der Waals surface area contributed by atoms with E-state index in [-0.39, 0.29) is 12.6 Å². The van der Waals surface area contributed by atoms with Crippen molar-refractivity contribution in [2.45, 2.75) is 79.6 Å². The Morgan fingerprint density at radius 2 is 1.73 bits per heavy atom. The first-order valence-electron chi connectivity index (χ1n) is 16.7. The number of aryl methyl sites for hydroxylation is 1. The molecule has 10 heteroatoms. The minimum absolute atomic E-state index is 0.0878. The minimum atomic E-state index is -0.363. The molecule has 1 aromatic carbocycles. The van der Waals surface area contributed by atoms with Crippen molar-refractivity contribution in [3.05, 3.63) is 66.3 Å². The van der Waals surface area contributed by atoms with Gasteiger partial charge in [0.15, 0.2) is 6.61 Å². The molecule has 10 nitrogen and oxygen atoms in total. The third-order valence-electron chi connectivity index (χ3n) is 9.09. The Balaban J connectivity index is 1.11. The van der Waals surface area contributed by atoms with Gasteiger partial charge in [-0.2, -0.15) is 0 Å². The van der Waals surface area contributed by atoms with Gasteiger partial charge in [-0.1, -0.05) is 32.9 Å². The molecule has 2 aliphatic rings. The van der Waals surface area contributed by atoms with E-state index in [2.05, 4.69) is 56.2 Å². The SMILES string of the molecule is CCOC(=O)COc1ccc(CN(Cc2ncc[nH]2)Cc2nccn2CCCN2CCC3(CCN(CC(C)(C)C)CC3)C2)cc1. The highest BCUT2D eigenvalue weighted by molar-refractivity contribution is 5.71. The molecule has 1 spiro atoms. The van der Waals surface area contributed by atoms with Crippen LogP contribution in [0.15, 0.2) is 49.1 Å². The van der Waals surface area contributed by atoms with Crippen LogP contribution in [0.4, 0.5) is 0 Å². The highest BCUT2D eigenvalue weighted by Gasteiger charge is 2.40. The highest BCUT2D eigenvalue weighted by atomic mass is 16.6. The maximum absolute atomic E-state index is 11.6. The maximum atomic E-state index is 11.6. The fourth-order valence-electron chi connectivity index (χ4n) is 6.90. The van der Waals surface area contributed by atoms with Gasteiger partial charge in [0.2, 0.25) is 0 Å². The van der Waals surface area contributed by atoms with Crippen LogP contribution in [0.3, 0.4) is 0 Å². The number of H-pyrrole nitrogens is 1. The number of likely N-dealkylation sites (tertiary alicyclic amines) is 2. The maximum Gasteiger partial charge on any atom is 0.344 e. The number of ether oxygens (including phenoxy) is 2. The summed E-state index contributed by atoms with van der Waals surface area (Å²) in [6, 6.07) is 7.88. The Labute approximate surface area is 269 Å². The van der Waals surface area contributed by atoms with Crippen LogP contribution >= 0.6 is 0 Å². The zero-order valence-corrected chi connectivity index (χ0v) is 27.8. The van der Waals surface area contributed by atoms with Crippen LogP contribution in [0.1, 0.15) is 70.6 Å². The lowest BCUT2D eigenvalue weighted by atomic mass is 9.77. The van der Waals surface area contributed by atoms with Gasteiger partial charge in [-0.25, -0.2) is 14.8 Å². The summed E-state index contributed by atoms with van der Waals surface area (Å²) in [4.78, 5) is 31.8. The first-order chi connectivity index (χ1) is 21.7. The Morgan fingerprint density at radius 1 is 0.978 bits per heavy atom. The number of hydrogen-bond donors (Lipinski definition) is 1. The number of rotatable bonds is 15. The minimum Gasteiger partial charge on any atom is -0.482 e. The summed E-state index contributed by atoms with van der Waals surface area (Å²) in [6.07, 6.45) is 12.9. The summed E-state index contributed by atoms with van der Waals surface area (Å²) in [5.41, 5.74) is 2.06. The lowest BCUT2D eigenvalue weighted by Crippen LogP contribution is -2.44. The summed E-state index contributed by atoms with van der Waals surface area (Å²) < 4.78 is 12.8. The summed E-state index contributed by atoms with van der Waals surface area (Å²) in [5.74, 6) is 2.28. The molecule has 4 heterocycles. The van der Waals surface area contributed by atoms with Gasteiger partial charge in [0.25, 0.3) is 0 Å². The molecule has 246 valence electrons. The number of benzene rings is 1. The smallest absolute Gasteiger partial charge is 0.344 e. The van der Waals surface area contributed by atoms with E-state index in [1.54, 1.807) is 13.1 Å². The lowest BCUT2D eigenvalue weighted by molar-refractivity contribution is -0.145. The van der Waals surface area contributed by atoms with Crippen molar-refractivity contribution in [2.24, 2.45) is 10.8 Å². The van der Waals surface area contributed by atoms with Crippen molar-refractivity contribution in [1.82, 2.24) is 34.2 Å². The van der Waals surface area contributed by atoms with E-state index >= 15 is 0 Å². The number of aromatic nitrogens is 4. The van der Waals surface area contributed by atoms with E-state index in [1.165, 1.54) is 52.0 Å². The molecule has 0 amide bonds. The van der Waals surface area contributed by atoms with Gasteiger partial charge in [-0.15, -0.1) is 0 Å². The number of carbonyl (C=O) groups excluding carboxylic acids is 1. The van der Waals surface area contributed by atoms with Crippen molar-refractivity contribution in [3.63, 3.8) is 0 Å². The van der Waals surface area contributed by atoms with Crippen LogP contribution in [-0.2, 0) is 35.7 Å². The number of nitrogens with zero attached hydrogens (tertiary/aromatic N) is 6. The third kappa shape index (κ3) is 10.1. The van der Waals surface area contributed by atoms with Crippen LogP contribution in [-0.4, -0.2) is 92.7 Å². The third-order valence-corrected chi connectivity index (χ3v) is 9.09. The zero-order valence-electron chi connectivity index (χ0n) is 27.8. The molecule has 2 aliphatic heterocycles. The van der Waals surface area contributed by atoms with Crippen molar-refractivity contribution in [2.75, 3.05) is 52.5 Å². The standard InChI is InChI=1S/C35H53N7O3/c1-5-44-33(43)26-45-30-9-7-29(8-10-30)23-41(24-31-36-14-15-37-31)25-32-38-16-22-42(32)18-6-17-39-19-11-35(28-39)12-20-40(21-13-35)27-34(2,3)4/h7-10,14-16,22H,5-6,11-13,17-21,23-28H2,1-4H3,(H,36,37). The molecule has 2 fully saturated rings. The molecule has 0 atom stereocenters. The second kappa shape index (κ2) is 15.4. The first kappa shape index (κ1) is 33.2. The molecule has 45 heavy (non-hydrogen) atoms. The predicted molar refractivity (Wildman–Crippen MR) is 176 cm³/mol. The van der Waals surface area contributed by atoms with Crippen molar-refractivity contribution < 1.29 is 14.3 Å². The fraction of sp³-hybridized carbons (Fsp3) is 0.629. The van der Waals surface area contributed by atoms with Crippen LogP contribution in [0.5, 0.6) is 5.75 Å². The molecule has 2 saturated heterocycles. The van der Waals surface area contributed by atoms with Gasteiger partial charge in [0.05, 0.1) is 19.7 Å². The molecular weight excluding hydrogens is 566 g/mol. The van der Waals surface area contributed by atoms with Gasteiger partial charge in [-0.3, -0.25) is 4.90 Å². The fourth-order valence-corrected chi connectivity index (χ4v) is 6.90. The first-order valence-corrected chi connectivity index (χ1v) is 16.7. The Hall–Kier alpha value is -3.21. The quantitative estimate of drug-likeness (QED) is 0.239. The molecule has 2 aromatic heterocycles. The monoisotopic (exact) mass is 619 g/mol. The molecule has 0 radical (unpaired) electrons. The Morgan fingerprint density at radius 3 is 2.42 bits per heavy atom. The van der Waals surface area contributed by atoms with E-state index in [4.69, 9.17) is 14.5 Å². The van der Waals surface area contributed by atoms with Crippen LogP contribution in [0.2, 0.25) is 0 Å². The van der Waals surface area contributed by atoms with Crippen LogP contribution < -0.4 is 4.74 Å². The number of piperidine rings is 1. The van der Waals surface area contributed by atoms with Gasteiger partial charge in [0.1, 0.15) is 17.4 Å². The molecule has 0 bridgehead atoms. The molecular formula is C35H53N7O3. The number of hydrogen-bond acceptors (Lipinski definition) is 8. The van der Waals surface area contributed by atoms with Gasteiger partial charge >= 0.3 is 5.97 Å². The molecule has 5 rings (SSSR count). The Kier molecular flexibility index (Phi) is 11.3. The molecule has 0 saturated carbocycles.